The molecule has 1 atom stereocenters. The number of allylic oxidation sites excluding steroid dienone is 1. The third-order valence-corrected chi connectivity index (χ3v) is 2.44. The van der Waals surface area contributed by atoms with Crippen LogP contribution < -0.4 is 0 Å². The fraction of sp³-hybridized carbons (Fsp3) is 0.600. The van der Waals surface area contributed by atoms with E-state index in [1.54, 1.807) is 34.5 Å². The highest BCUT2D eigenvalue weighted by Crippen LogP contribution is 2.38. The summed E-state index contributed by atoms with van der Waals surface area (Å²) in [5, 5.41) is 0. The molecule has 4 nitrogen and oxygen atoms in total. The van der Waals surface area contributed by atoms with Crippen molar-refractivity contribution >= 4 is 0 Å². The number of rotatable bonds is 4. The van der Waals surface area contributed by atoms with Crippen LogP contribution in [0.25, 0.3) is 0 Å². The molecule has 0 spiro atoms. The van der Waals surface area contributed by atoms with Crippen molar-refractivity contribution in [2.75, 3.05) is 28.4 Å². The molecule has 0 aromatic rings. The van der Waals surface area contributed by atoms with Gasteiger partial charge in [0.15, 0.2) is 17.1 Å². The Bertz CT molecular complexity index is 280. The number of ether oxygens (including phenoxy) is 4. The quantitative estimate of drug-likeness (QED) is 0.688. The van der Waals surface area contributed by atoms with Crippen LogP contribution in [0.2, 0.25) is 0 Å². The molecule has 0 aliphatic heterocycles. The summed E-state index contributed by atoms with van der Waals surface area (Å²) in [6, 6.07) is 0. The summed E-state index contributed by atoms with van der Waals surface area (Å²) in [7, 11) is 6.36. The van der Waals surface area contributed by atoms with Crippen molar-refractivity contribution in [1.82, 2.24) is 0 Å². The van der Waals surface area contributed by atoms with Gasteiger partial charge < -0.3 is 18.9 Å². The maximum atomic E-state index is 5.38. The predicted octanol–water partition coefficient (Wildman–Crippen LogP) is 1.44. The molecule has 1 aliphatic carbocycles. The fourth-order valence-electron chi connectivity index (χ4n) is 1.56. The Labute approximate surface area is 84.1 Å². The second kappa shape index (κ2) is 3.92. The zero-order chi connectivity index (χ0) is 10.8. The lowest BCUT2D eigenvalue weighted by atomic mass is 10.1. The zero-order valence-electron chi connectivity index (χ0n) is 9.21. The van der Waals surface area contributed by atoms with Gasteiger partial charge in [-0.1, -0.05) is 0 Å². The summed E-state index contributed by atoms with van der Waals surface area (Å²) in [6.45, 7) is 1.87. The minimum Gasteiger partial charge on any atom is -0.497 e. The van der Waals surface area contributed by atoms with Crippen molar-refractivity contribution in [3.05, 3.63) is 23.4 Å². The molecule has 1 aliphatic rings. The van der Waals surface area contributed by atoms with E-state index in [9.17, 15) is 0 Å². The zero-order valence-corrected chi connectivity index (χ0v) is 9.21. The highest BCUT2D eigenvalue weighted by atomic mass is 16.6. The van der Waals surface area contributed by atoms with Gasteiger partial charge in [-0.3, -0.25) is 0 Å². The lowest BCUT2D eigenvalue weighted by Gasteiger charge is -2.27. The summed E-state index contributed by atoms with van der Waals surface area (Å²) in [4.78, 5) is 0. The number of hydrogen-bond acceptors (Lipinski definition) is 4. The molecule has 1 unspecified atom stereocenters. The summed E-state index contributed by atoms with van der Waals surface area (Å²) >= 11 is 0. The first-order valence-electron chi connectivity index (χ1n) is 4.28. The van der Waals surface area contributed by atoms with Crippen LogP contribution in [0.4, 0.5) is 0 Å². The average Bonchev–Trinajstić information content (AvgIpc) is 2.50. The fourth-order valence-corrected chi connectivity index (χ4v) is 1.56. The van der Waals surface area contributed by atoms with Crippen molar-refractivity contribution in [2.24, 2.45) is 0 Å². The highest BCUT2D eigenvalue weighted by Gasteiger charge is 2.43. The molecule has 1 rings (SSSR count). The molecule has 0 aromatic heterocycles. The third kappa shape index (κ3) is 1.35. The van der Waals surface area contributed by atoms with E-state index >= 15 is 0 Å². The van der Waals surface area contributed by atoms with Crippen LogP contribution in [-0.2, 0) is 18.9 Å². The molecular weight excluding hydrogens is 184 g/mol. The van der Waals surface area contributed by atoms with Crippen molar-refractivity contribution in [1.29, 1.82) is 0 Å². The second-order valence-electron chi connectivity index (χ2n) is 3.05. The SMILES string of the molecule is COC1=CC(OC)=C(OC)C1(C)OC. The first-order chi connectivity index (χ1) is 6.63. The van der Waals surface area contributed by atoms with Crippen molar-refractivity contribution in [3.63, 3.8) is 0 Å². The minimum absolute atomic E-state index is 0.624. The number of methoxy groups -OCH3 is 4. The van der Waals surface area contributed by atoms with Crippen LogP contribution in [0.15, 0.2) is 23.4 Å². The van der Waals surface area contributed by atoms with Gasteiger partial charge in [0.05, 0.1) is 21.3 Å². The van der Waals surface area contributed by atoms with Crippen LogP contribution in [0, 0.1) is 0 Å². The van der Waals surface area contributed by atoms with Gasteiger partial charge >= 0.3 is 0 Å². The Morgan fingerprint density at radius 2 is 1.64 bits per heavy atom. The van der Waals surface area contributed by atoms with Gasteiger partial charge in [0.2, 0.25) is 0 Å². The summed E-state index contributed by atoms with van der Waals surface area (Å²) in [6.07, 6.45) is 1.77. The van der Waals surface area contributed by atoms with Crippen molar-refractivity contribution in [2.45, 2.75) is 12.5 Å². The highest BCUT2D eigenvalue weighted by molar-refractivity contribution is 5.40. The van der Waals surface area contributed by atoms with E-state index < -0.39 is 5.60 Å². The van der Waals surface area contributed by atoms with E-state index in [4.69, 9.17) is 18.9 Å². The van der Waals surface area contributed by atoms with E-state index in [-0.39, 0.29) is 0 Å². The van der Waals surface area contributed by atoms with Crippen LogP contribution in [-0.4, -0.2) is 34.0 Å². The maximum absolute atomic E-state index is 5.38. The Morgan fingerprint density at radius 3 is 2.00 bits per heavy atom. The van der Waals surface area contributed by atoms with E-state index in [1.165, 1.54) is 0 Å². The molecule has 0 N–H and O–H groups in total. The molecule has 0 bridgehead atoms. The first-order valence-corrected chi connectivity index (χ1v) is 4.28. The average molecular weight is 200 g/mol. The Kier molecular flexibility index (Phi) is 3.06. The van der Waals surface area contributed by atoms with Crippen molar-refractivity contribution < 1.29 is 18.9 Å². The standard InChI is InChI=1S/C10H16O4/c1-10(14-5)8(12-3)6-7(11-2)9(10)13-4/h6H,1-5H3. The van der Waals surface area contributed by atoms with Gasteiger partial charge in [0.1, 0.15) is 5.76 Å². The van der Waals surface area contributed by atoms with Gasteiger partial charge in [-0.05, 0) is 6.92 Å². The van der Waals surface area contributed by atoms with Gasteiger partial charge in [0, 0.05) is 13.2 Å². The van der Waals surface area contributed by atoms with Crippen LogP contribution in [0.3, 0.4) is 0 Å². The largest absolute Gasteiger partial charge is 0.497 e. The van der Waals surface area contributed by atoms with E-state index in [0.29, 0.717) is 17.3 Å². The summed E-state index contributed by atoms with van der Waals surface area (Å²) in [5.41, 5.74) is -0.686. The molecule has 0 aromatic carbocycles. The van der Waals surface area contributed by atoms with E-state index in [0.717, 1.165) is 0 Å². The second-order valence-corrected chi connectivity index (χ2v) is 3.05. The molecule has 80 valence electrons. The smallest absolute Gasteiger partial charge is 0.182 e. The lowest BCUT2D eigenvalue weighted by Crippen LogP contribution is -2.32. The van der Waals surface area contributed by atoms with Crippen LogP contribution >= 0.6 is 0 Å². The molecule has 0 saturated heterocycles. The Morgan fingerprint density at radius 1 is 1.00 bits per heavy atom. The van der Waals surface area contributed by atoms with Crippen LogP contribution in [0.5, 0.6) is 0 Å². The Balaban J connectivity index is 3.13. The van der Waals surface area contributed by atoms with Gasteiger partial charge in [-0.2, -0.15) is 0 Å². The lowest BCUT2D eigenvalue weighted by molar-refractivity contribution is -0.0116. The van der Waals surface area contributed by atoms with E-state index in [2.05, 4.69) is 0 Å². The summed E-state index contributed by atoms with van der Waals surface area (Å²) < 4.78 is 21.0. The predicted molar refractivity (Wildman–Crippen MR) is 51.6 cm³/mol. The molecule has 0 heterocycles. The molecule has 0 saturated carbocycles. The normalized spacial score (nSPS) is 26.2. The molecule has 0 amide bonds. The molecular formula is C10H16O4. The first kappa shape index (κ1) is 10.9. The monoisotopic (exact) mass is 200 g/mol. The third-order valence-electron chi connectivity index (χ3n) is 2.44. The Hall–Kier alpha value is -1.16. The minimum atomic E-state index is -0.686. The maximum Gasteiger partial charge on any atom is 0.182 e. The van der Waals surface area contributed by atoms with E-state index in [1.807, 2.05) is 6.92 Å². The molecule has 14 heavy (non-hydrogen) atoms. The van der Waals surface area contributed by atoms with Gasteiger partial charge in [-0.25, -0.2) is 0 Å². The van der Waals surface area contributed by atoms with Gasteiger partial charge in [-0.15, -0.1) is 0 Å². The topological polar surface area (TPSA) is 36.9 Å². The van der Waals surface area contributed by atoms with Gasteiger partial charge in [0.25, 0.3) is 0 Å². The number of hydrogen-bond donors (Lipinski definition) is 0. The molecule has 0 fully saturated rings. The molecule has 0 radical (unpaired) electrons. The molecule has 4 heteroatoms. The summed E-state index contributed by atoms with van der Waals surface area (Å²) in [5.74, 6) is 1.93. The van der Waals surface area contributed by atoms with Crippen LogP contribution in [0.1, 0.15) is 6.92 Å². The van der Waals surface area contributed by atoms with Crippen molar-refractivity contribution in [3.8, 4) is 0 Å².